The van der Waals surface area contributed by atoms with Crippen LogP contribution in [0.15, 0.2) is 24.3 Å². The van der Waals surface area contributed by atoms with E-state index in [1.54, 1.807) is 0 Å². The van der Waals surface area contributed by atoms with Crippen LogP contribution in [0.1, 0.15) is 43.2 Å². The summed E-state index contributed by atoms with van der Waals surface area (Å²) in [6, 6.07) is 5.11. The minimum absolute atomic E-state index is 0. The lowest BCUT2D eigenvalue weighted by Gasteiger charge is -2.32. The van der Waals surface area contributed by atoms with Crippen molar-refractivity contribution in [2.45, 2.75) is 38.3 Å². The Morgan fingerprint density at radius 2 is 1.80 bits per heavy atom. The zero-order valence-corrected chi connectivity index (χ0v) is 15.4. The third-order valence-corrected chi connectivity index (χ3v) is 4.75. The Kier molecular flexibility index (Phi) is 8.22. The van der Waals surface area contributed by atoms with Gasteiger partial charge < -0.3 is 10.2 Å². The molecule has 7 heteroatoms. The molecule has 0 saturated carbocycles. The fraction of sp³-hybridized carbons (Fsp3) is 0.611. The normalized spacial score (nSPS) is 17.1. The van der Waals surface area contributed by atoms with Crippen LogP contribution in [0.4, 0.5) is 13.2 Å². The first-order chi connectivity index (χ1) is 11.3. The molecule has 1 heterocycles. The van der Waals surface area contributed by atoms with Crippen molar-refractivity contribution < 1.29 is 18.0 Å². The molecule has 1 amide bonds. The van der Waals surface area contributed by atoms with Crippen molar-refractivity contribution in [1.29, 1.82) is 0 Å². The number of carbonyl (C=O) groups excluding carboxylic acids is 1. The molecule has 0 radical (unpaired) electrons. The molecule has 0 aromatic heterocycles. The van der Waals surface area contributed by atoms with Gasteiger partial charge in [0.05, 0.1) is 5.56 Å². The first kappa shape index (κ1) is 21.8. The summed E-state index contributed by atoms with van der Waals surface area (Å²) in [5.41, 5.74) is 0.109. The molecule has 1 aromatic rings. The first-order valence-corrected chi connectivity index (χ1v) is 8.40. The molecular weight excluding hydrogens is 353 g/mol. The van der Waals surface area contributed by atoms with Crippen LogP contribution in [-0.4, -0.2) is 37.5 Å². The van der Waals surface area contributed by atoms with Crippen molar-refractivity contribution in [1.82, 2.24) is 10.2 Å². The molecule has 1 aliphatic heterocycles. The monoisotopic (exact) mass is 378 g/mol. The molecule has 1 N–H and O–H groups in total. The Hall–Kier alpha value is -1.27. The van der Waals surface area contributed by atoms with E-state index in [4.69, 9.17) is 0 Å². The van der Waals surface area contributed by atoms with E-state index >= 15 is 0 Å². The highest BCUT2D eigenvalue weighted by Gasteiger charge is 2.30. The number of carbonyl (C=O) groups is 1. The fourth-order valence-electron chi connectivity index (χ4n) is 3.18. The second-order valence-corrected chi connectivity index (χ2v) is 6.61. The Morgan fingerprint density at radius 3 is 2.28 bits per heavy atom. The maximum atomic E-state index is 12.6. The van der Waals surface area contributed by atoms with E-state index in [-0.39, 0.29) is 24.2 Å². The number of rotatable bonds is 5. The Bertz CT molecular complexity index is 540. The SMILES string of the molecule is CNCC1CCN(C(=O)CC(C)c2ccc(C(F)(F)F)cc2)CC1.Cl. The number of alkyl halides is 3. The number of likely N-dealkylation sites (tertiary alicyclic amines) is 1. The first-order valence-electron chi connectivity index (χ1n) is 8.40. The van der Waals surface area contributed by atoms with Gasteiger partial charge in [-0.1, -0.05) is 19.1 Å². The van der Waals surface area contributed by atoms with Gasteiger partial charge in [-0.3, -0.25) is 4.79 Å². The smallest absolute Gasteiger partial charge is 0.343 e. The van der Waals surface area contributed by atoms with E-state index in [0.29, 0.717) is 12.3 Å². The van der Waals surface area contributed by atoms with Crippen molar-refractivity contribution in [2.75, 3.05) is 26.7 Å². The largest absolute Gasteiger partial charge is 0.416 e. The van der Waals surface area contributed by atoms with E-state index in [0.717, 1.165) is 50.2 Å². The van der Waals surface area contributed by atoms with Gasteiger partial charge in [0, 0.05) is 19.5 Å². The molecule has 2 rings (SSSR count). The molecule has 1 saturated heterocycles. The summed E-state index contributed by atoms with van der Waals surface area (Å²) in [5, 5.41) is 3.17. The molecule has 142 valence electrons. The molecule has 0 aliphatic carbocycles. The van der Waals surface area contributed by atoms with Crippen LogP contribution in [0, 0.1) is 5.92 Å². The van der Waals surface area contributed by atoms with Gasteiger partial charge in [0.1, 0.15) is 0 Å². The van der Waals surface area contributed by atoms with E-state index < -0.39 is 11.7 Å². The van der Waals surface area contributed by atoms with E-state index in [9.17, 15) is 18.0 Å². The number of amides is 1. The predicted molar refractivity (Wildman–Crippen MR) is 95.0 cm³/mol. The molecule has 0 spiro atoms. The number of nitrogens with zero attached hydrogens (tertiary/aromatic N) is 1. The minimum Gasteiger partial charge on any atom is -0.343 e. The van der Waals surface area contributed by atoms with Crippen LogP contribution in [-0.2, 0) is 11.0 Å². The zero-order chi connectivity index (χ0) is 17.7. The summed E-state index contributed by atoms with van der Waals surface area (Å²) < 4.78 is 37.8. The highest BCUT2D eigenvalue weighted by molar-refractivity contribution is 5.85. The van der Waals surface area contributed by atoms with Crippen molar-refractivity contribution >= 4 is 18.3 Å². The standard InChI is InChI=1S/C18H25F3N2O.ClH/c1-13(15-3-5-16(6-4-15)18(19,20)21)11-17(24)23-9-7-14(8-10-23)12-22-2;/h3-6,13-14,22H,7-12H2,1-2H3;1H. The molecule has 1 atom stereocenters. The molecule has 0 bridgehead atoms. The molecular formula is C18H26ClF3N2O. The fourth-order valence-corrected chi connectivity index (χ4v) is 3.18. The lowest BCUT2D eigenvalue weighted by Crippen LogP contribution is -2.40. The Morgan fingerprint density at radius 1 is 1.24 bits per heavy atom. The highest BCUT2D eigenvalue weighted by Crippen LogP contribution is 2.31. The van der Waals surface area contributed by atoms with Gasteiger partial charge in [-0.05, 0) is 56.0 Å². The molecule has 25 heavy (non-hydrogen) atoms. The number of benzene rings is 1. The second-order valence-electron chi connectivity index (χ2n) is 6.61. The van der Waals surface area contributed by atoms with Crippen LogP contribution in [0.2, 0.25) is 0 Å². The lowest BCUT2D eigenvalue weighted by atomic mass is 9.94. The number of hydrogen-bond acceptors (Lipinski definition) is 2. The van der Waals surface area contributed by atoms with E-state index in [1.165, 1.54) is 12.1 Å². The zero-order valence-electron chi connectivity index (χ0n) is 14.6. The molecule has 1 unspecified atom stereocenters. The molecule has 1 fully saturated rings. The van der Waals surface area contributed by atoms with Crippen LogP contribution in [0.5, 0.6) is 0 Å². The average Bonchev–Trinajstić information content (AvgIpc) is 2.55. The Labute approximate surface area is 153 Å². The summed E-state index contributed by atoms with van der Waals surface area (Å²) in [6.45, 7) is 4.40. The minimum atomic E-state index is -4.32. The summed E-state index contributed by atoms with van der Waals surface area (Å²) in [5.74, 6) is 0.617. The van der Waals surface area contributed by atoms with Crippen molar-refractivity contribution in [3.63, 3.8) is 0 Å². The molecule has 1 aliphatic rings. The summed E-state index contributed by atoms with van der Waals surface area (Å²) in [7, 11) is 1.93. The third-order valence-electron chi connectivity index (χ3n) is 4.75. The topological polar surface area (TPSA) is 32.3 Å². The summed E-state index contributed by atoms with van der Waals surface area (Å²) in [4.78, 5) is 14.3. The maximum Gasteiger partial charge on any atom is 0.416 e. The number of halogens is 4. The van der Waals surface area contributed by atoms with Crippen LogP contribution >= 0.6 is 12.4 Å². The van der Waals surface area contributed by atoms with Gasteiger partial charge in [-0.2, -0.15) is 13.2 Å². The third kappa shape index (κ3) is 6.19. The number of hydrogen-bond donors (Lipinski definition) is 1. The summed E-state index contributed by atoms with van der Waals surface area (Å²) >= 11 is 0. The highest BCUT2D eigenvalue weighted by atomic mass is 35.5. The van der Waals surface area contributed by atoms with Crippen LogP contribution in [0.25, 0.3) is 0 Å². The number of piperidine rings is 1. The van der Waals surface area contributed by atoms with Gasteiger partial charge in [0.25, 0.3) is 0 Å². The van der Waals surface area contributed by atoms with E-state index in [2.05, 4.69) is 5.32 Å². The average molecular weight is 379 g/mol. The van der Waals surface area contributed by atoms with E-state index in [1.807, 2.05) is 18.9 Å². The van der Waals surface area contributed by atoms with Gasteiger partial charge in [-0.25, -0.2) is 0 Å². The van der Waals surface area contributed by atoms with Gasteiger partial charge in [0.2, 0.25) is 5.91 Å². The molecule has 3 nitrogen and oxygen atoms in total. The van der Waals surface area contributed by atoms with Crippen molar-refractivity contribution in [3.8, 4) is 0 Å². The van der Waals surface area contributed by atoms with Gasteiger partial charge in [-0.15, -0.1) is 12.4 Å². The van der Waals surface area contributed by atoms with Crippen molar-refractivity contribution in [2.24, 2.45) is 5.92 Å². The second kappa shape index (κ2) is 9.43. The summed E-state index contributed by atoms with van der Waals surface area (Å²) in [6.07, 6.45) is -1.99. The number of nitrogens with one attached hydrogen (secondary N) is 1. The van der Waals surface area contributed by atoms with Gasteiger partial charge in [0.15, 0.2) is 0 Å². The van der Waals surface area contributed by atoms with Crippen LogP contribution in [0.3, 0.4) is 0 Å². The van der Waals surface area contributed by atoms with Crippen molar-refractivity contribution in [3.05, 3.63) is 35.4 Å². The molecule has 1 aromatic carbocycles. The maximum absolute atomic E-state index is 12.6. The van der Waals surface area contributed by atoms with Crippen LogP contribution < -0.4 is 5.32 Å². The lowest BCUT2D eigenvalue weighted by molar-refractivity contribution is -0.137. The predicted octanol–water partition coefficient (Wildman–Crippen LogP) is 4.08. The quantitative estimate of drug-likeness (QED) is 0.837. The Balaban J connectivity index is 0.00000312. The van der Waals surface area contributed by atoms with Gasteiger partial charge >= 0.3 is 6.18 Å².